The largest absolute Gasteiger partial charge is 0.493 e. The summed E-state index contributed by atoms with van der Waals surface area (Å²) in [7, 11) is 0. The Bertz CT molecular complexity index is 501. The van der Waals surface area contributed by atoms with E-state index in [0.717, 1.165) is 37.9 Å². The maximum absolute atomic E-state index is 12.3. The zero-order valence-corrected chi connectivity index (χ0v) is 13.0. The van der Waals surface area contributed by atoms with Crippen LogP contribution in [0.25, 0.3) is 0 Å². The standard InChI is InChI=1S/C16H22N2O2.ClH/c17-16(8-3-4-9-16)15(19)18-11-12-7-10-20-14-6-2-1-5-13(12)14;/h1-2,5-6,12H,3-4,7-11,17H2,(H,18,19);1H. The fourth-order valence-corrected chi connectivity index (χ4v) is 3.25. The number of fused-ring (bicyclic) bond motifs is 1. The number of nitrogens with one attached hydrogen (secondary N) is 1. The van der Waals surface area contributed by atoms with Crippen LogP contribution in [-0.4, -0.2) is 24.6 Å². The van der Waals surface area contributed by atoms with Gasteiger partial charge in [0, 0.05) is 12.5 Å². The van der Waals surface area contributed by atoms with Crippen LogP contribution >= 0.6 is 12.4 Å². The van der Waals surface area contributed by atoms with Gasteiger partial charge < -0.3 is 15.8 Å². The van der Waals surface area contributed by atoms with Gasteiger partial charge >= 0.3 is 0 Å². The van der Waals surface area contributed by atoms with Crippen molar-refractivity contribution in [1.29, 1.82) is 0 Å². The Kier molecular flexibility index (Phi) is 5.12. The summed E-state index contributed by atoms with van der Waals surface area (Å²) in [5.41, 5.74) is 6.73. The minimum absolute atomic E-state index is 0. The molecule has 2 aliphatic rings. The summed E-state index contributed by atoms with van der Waals surface area (Å²) in [6.07, 6.45) is 4.68. The Morgan fingerprint density at radius 1 is 1.33 bits per heavy atom. The Morgan fingerprint density at radius 2 is 2.05 bits per heavy atom. The molecule has 4 nitrogen and oxygen atoms in total. The number of para-hydroxylation sites is 1. The summed E-state index contributed by atoms with van der Waals surface area (Å²) in [6.45, 7) is 1.36. The lowest BCUT2D eigenvalue weighted by Gasteiger charge is -2.28. The first-order valence-electron chi connectivity index (χ1n) is 7.48. The highest BCUT2D eigenvalue weighted by Gasteiger charge is 2.37. The van der Waals surface area contributed by atoms with Crippen LogP contribution in [-0.2, 0) is 4.79 Å². The lowest BCUT2D eigenvalue weighted by molar-refractivity contribution is -0.126. The van der Waals surface area contributed by atoms with Crippen molar-refractivity contribution in [1.82, 2.24) is 5.32 Å². The van der Waals surface area contributed by atoms with Crippen LogP contribution in [0.5, 0.6) is 5.75 Å². The van der Waals surface area contributed by atoms with Gasteiger partial charge in [-0.05, 0) is 30.9 Å². The van der Waals surface area contributed by atoms with Gasteiger partial charge in [0.1, 0.15) is 5.75 Å². The third-order valence-electron chi connectivity index (χ3n) is 4.54. The number of benzene rings is 1. The highest BCUT2D eigenvalue weighted by Crippen LogP contribution is 2.33. The second-order valence-electron chi connectivity index (χ2n) is 5.95. The van der Waals surface area contributed by atoms with E-state index in [1.807, 2.05) is 18.2 Å². The van der Waals surface area contributed by atoms with Crippen LogP contribution in [0.3, 0.4) is 0 Å². The zero-order chi connectivity index (χ0) is 14.0. The minimum atomic E-state index is -0.634. The number of carbonyl (C=O) groups excluding carboxylic acids is 1. The lowest BCUT2D eigenvalue weighted by atomic mass is 9.92. The molecule has 116 valence electrons. The summed E-state index contributed by atoms with van der Waals surface area (Å²) in [5, 5.41) is 3.06. The highest BCUT2D eigenvalue weighted by molar-refractivity contribution is 5.86. The molecule has 0 radical (unpaired) electrons. The maximum atomic E-state index is 12.3. The summed E-state index contributed by atoms with van der Waals surface area (Å²) < 4.78 is 5.64. The molecule has 3 rings (SSSR count). The number of hydrogen-bond acceptors (Lipinski definition) is 3. The molecule has 0 bridgehead atoms. The van der Waals surface area contributed by atoms with E-state index in [2.05, 4.69) is 11.4 Å². The number of halogens is 1. The van der Waals surface area contributed by atoms with E-state index >= 15 is 0 Å². The van der Waals surface area contributed by atoms with Gasteiger partial charge in [-0.3, -0.25) is 4.79 Å². The van der Waals surface area contributed by atoms with Crippen molar-refractivity contribution in [3.05, 3.63) is 29.8 Å². The maximum Gasteiger partial charge on any atom is 0.240 e. The van der Waals surface area contributed by atoms with E-state index in [-0.39, 0.29) is 18.3 Å². The fourth-order valence-electron chi connectivity index (χ4n) is 3.25. The number of rotatable bonds is 3. The van der Waals surface area contributed by atoms with Crippen molar-refractivity contribution in [2.75, 3.05) is 13.2 Å². The second-order valence-corrected chi connectivity index (χ2v) is 5.95. The van der Waals surface area contributed by atoms with Crippen molar-refractivity contribution < 1.29 is 9.53 Å². The monoisotopic (exact) mass is 310 g/mol. The lowest BCUT2D eigenvalue weighted by Crippen LogP contribution is -2.52. The first kappa shape index (κ1) is 16.1. The molecule has 1 atom stereocenters. The average Bonchev–Trinajstić information content (AvgIpc) is 2.93. The molecule has 3 N–H and O–H groups in total. The van der Waals surface area contributed by atoms with Crippen LogP contribution in [0.1, 0.15) is 43.6 Å². The topological polar surface area (TPSA) is 64.4 Å². The number of amides is 1. The molecular weight excluding hydrogens is 288 g/mol. The predicted molar refractivity (Wildman–Crippen MR) is 84.9 cm³/mol. The van der Waals surface area contributed by atoms with Gasteiger partial charge in [-0.15, -0.1) is 12.4 Å². The average molecular weight is 311 g/mol. The molecule has 1 aliphatic carbocycles. The van der Waals surface area contributed by atoms with Gasteiger partial charge in [-0.25, -0.2) is 0 Å². The molecule has 1 fully saturated rings. The predicted octanol–water partition coefficient (Wildman–Crippen LogP) is 2.36. The van der Waals surface area contributed by atoms with E-state index in [1.165, 1.54) is 5.56 Å². The molecular formula is C16H23ClN2O2. The van der Waals surface area contributed by atoms with E-state index in [4.69, 9.17) is 10.5 Å². The number of hydrogen-bond donors (Lipinski definition) is 2. The first-order valence-corrected chi connectivity index (χ1v) is 7.48. The molecule has 5 heteroatoms. The molecule has 1 amide bonds. The van der Waals surface area contributed by atoms with E-state index < -0.39 is 5.54 Å². The molecule has 1 aliphatic heterocycles. The van der Waals surface area contributed by atoms with Crippen LogP contribution in [0.4, 0.5) is 0 Å². The number of nitrogens with two attached hydrogens (primary N) is 1. The summed E-state index contributed by atoms with van der Waals surface area (Å²) in [4.78, 5) is 12.3. The quantitative estimate of drug-likeness (QED) is 0.901. The van der Waals surface area contributed by atoms with Gasteiger partial charge in [0.05, 0.1) is 12.1 Å². The SMILES string of the molecule is Cl.NC1(C(=O)NCC2CCOc3ccccc32)CCCC1. The number of carbonyl (C=O) groups is 1. The molecule has 21 heavy (non-hydrogen) atoms. The molecule has 1 unspecified atom stereocenters. The summed E-state index contributed by atoms with van der Waals surface area (Å²) >= 11 is 0. The third-order valence-corrected chi connectivity index (χ3v) is 4.54. The van der Waals surface area contributed by atoms with Crippen LogP contribution in [0.2, 0.25) is 0 Å². The third kappa shape index (κ3) is 3.33. The zero-order valence-electron chi connectivity index (χ0n) is 12.1. The highest BCUT2D eigenvalue weighted by atomic mass is 35.5. The van der Waals surface area contributed by atoms with E-state index in [9.17, 15) is 4.79 Å². The number of ether oxygens (including phenoxy) is 1. The van der Waals surface area contributed by atoms with Crippen molar-refractivity contribution in [3.63, 3.8) is 0 Å². The van der Waals surface area contributed by atoms with Crippen LogP contribution < -0.4 is 15.8 Å². The summed E-state index contributed by atoms with van der Waals surface area (Å²) in [5.74, 6) is 1.29. The van der Waals surface area contributed by atoms with Crippen molar-refractivity contribution in [2.24, 2.45) is 5.73 Å². The van der Waals surface area contributed by atoms with E-state index in [1.54, 1.807) is 0 Å². The molecule has 0 spiro atoms. The Labute approximate surface area is 131 Å². The fraction of sp³-hybridized carbons (Fsp3) is 0.562. The van der Waals surface area contributed by atoms with Crippen molar-refractivity contribution in [3.8, 4) is 5.75 Å². The molecule has 1 saturated carbocycles. The van der Waals surface area contributed by atoms with Gasteiger partial charge in [0.15, 0.2) is 0 Å². The Balaban J connectivity index is 0.00000161. The van der Waals surface area contributed by atoms with Gasteiger partial charge in [-0.1, -0.05) is 31.0 Å². The molecule has 1 aromatic rings. The molecule has 1 heterocycles. The van der Waals surface area contributed by atoms with Crippen molar-refractivity contribution >= 4 is 18.3 Å². The van der Waals surface area contributed by atoms with Gasteiger partial charge in [0.2, 0.25) is 5.91 Å². The molecule has 0 saturated heterocycles. The smallest absolute Gasteiger partial charge is 0.240 e. The normalized spacial score (nSPS) is 22.6. The van der Waals surface area contributed by atoms with Gasteiger partial charge in [0.25, 0.3) is 0 Å². The van der Waals surface area contributed by atoms with E-state index in [0.29, 0.717) is 19.1 Å². The minimum Gasteiger partial charge on any atom is -0.493 e. The van der Waals surface area contributed by atoms with Gasteiger partial charge in [-0.2, -0.15) is 0 Å². The van der Waals surface area contributed by atoms with Crippen LogP contribution in [0, 0.1) is 0 Å². The Morgan fingerprint density at radius 3 is 2.81 bits per heavy atom. The molecule has 0 aromatic heterocycles. The van der Waals surface area contributed by atoms with Crippen molar-refractivity contribution in [2.45, 2.75) is 43.6 Å². The summed E-state index contributed by atoms with van der Waals surface area (Å²) in [6, 6.07) is 8.07. The molecule has 1 aromatic carbocycles. The first-order chi connectivity index (χ1) is 9.69. The van der Waals surface area contributed by atoms with Crippen LogP contribution in [0.15, 0.2) is 24.3 Å². The Hall–Kier alpha value is -1.26. The second kappa shape index (κ2) is 6.67.